The van der Waals surface area contributed by atoms with Crippen molar-refractivity contribution < 1.29 is 14.1 Å². The van der Waals surface area contributed by atoms with Crippen LogP contribution in [0.1, 0.15) is 16.1 Å². The minimum absolute atomic E-state index is 0.0873. The summed E-state index contributed by atoms with van der Waals surface area (Å²) in [6.07, 6.45) is 3.22. The standard InChI is InChI=1S/C11H9N3O4/c15-11(9-1-2-10(18-9)14(16)17)13-7-8-3-5-12-6-4-8/h1-6H,7H2,(H,13,15). The molecule has 0 aliphatic rings. The Morgan fingerprint density at radius 2 is 2.06 bits per heavy atom. The third-order valence-corrected chi connectivity index (χ3v) is 2.20. The maximum Gasteiger partial charge on any atom is 0.433 e. The van der Waals surface area contributed by atoms with Crippen LogP contribution in [0.3, 0.4) is 0 Å². The molecule has 2 aromatic rings. The minimum Gasteiger partial charge on any atom is -0.395 e. The smallest absolute Gasteiger partial charge is 0.395 e. The fourth-order valence-electron chi connectivity index (χ4n) is 1.32. The normalized spacial score (nSPS) is 10.0. The molecule has 0 spiro atoms. The Hall–Kier alpha value is -2.70. The Morgan fingerprint density at radius 1 is 1.33 bits per heavy atom. The van der Waals surface area contributed by atoms with Crippen LogP contribution in [0.4, 0.5) is 5.88 Å². The summed E-state index contributed by atoms with van der Waals surface area (Å²) < 4.78 is 4.77. The van der Waals surface area contributed by atoms with E-state index in [2.05, 4.69) is 10.3 Å². The van der Waals surface area contributed by atoms with Gasteiger partial charge in [0.25, 0.3) is 5.91 Å². The lowest BCUT2D eigenvalue weighted by Crippen LogP contribution is -2.22. The summed E-state index contributed by atoms with van der Waals surface area (Å²) in [6, 6.07) is 5.91. The van der Waals surface area contributed by atoms with Gasteiger partial charge in [0.15, 0.2) is 5.76 Å². The van der Waals surface area contributed by atoms with Crippen molar-refractivity contribution in [1.29, 1.82) is 0 Å². The quantitative estimate of drug-likeness (QED) is 0.652. The van der Waals surface area contributed by atoms with Crippen LogP contribution >= 0.6 is 0 Å². The van der Waals surface area contributed by atoms with Gasteiger partial charge in [-0.3, -0.25) is 19.9 Å². The number of nitrogens with zero attached hydrogens (tertiary/aromatic N) is 2. The molecule has 2 rings (SSSR count). The molecule has 2 heterocycles. The van der Waals surface area contributed by atoms with E-state index in [0.717, 1.165) is 11.6 Å². The number of nitrogens with one attached hydrogen (secondary N) is 1. The van der Waals surface area contributed by atoms with Crippen LogP contribution in [0.2, 0.25) is 0 Å². The third-order valence-electron chi connectivity index (χ3n) is 2.20. The fourth-order valence-corrected chi connectivity index (χ4v) is 1.32. The number of aromatic nitrogens is 1. The maximum absolute atomic E-state index is 11.6. The summed E-state index contributed by atoms with van der Waals surface area (Å²) in [7, 11) is 0. The largest absolute Gasteiger partial charge is 0.433 e. The van der Waals surface area contributed by atoms with Crippen molar-refractivity contribution in [3.8, 4) is 0 Å². The van der Waals surface area contributed by atoms with Crippen LogP contribution < -0.4 is 5.32 Å². The molecule has 1 N–H and O–H groups in total. The summed E-state index contributed by atoms with van der Waals surface area (Å²) in [5.41, 5.74) is 0.874. The topological polar surface area (TPSA) is 98.3 Å². The van der Waals surface area contributed by atoms with E-state index in [1.807, 2.05) is 0 Å². The van der Waals surface area contributed by atoms with E-state index in [9.17, 15) is 14.9 Å². The molecule has 7 nitrogen and oxygen atoms in total. The number of furan rings is 1. The molecule has 7 heteroatoms. The number of amides is 1. The Balaban J connectivity index is 1.97. The number of carbonyl (C=O) groups excluding carboxylic acids is 1. The van der Waals surface area contributed by atoms with Crippen molar-refractivity contribution in [2.75, 3.05) is 0 Å². The highest BCUT2D eigenvalue weighted by atomic mass is 16.6. The Morgan fingerprint density at radius 3 is 2.67 bits per heavy atom. The van der Waals surface area contributed by atoms with Crippen LogP contribution in [0.15, 0.2) is 41.1 Å². The summed E-state index contributed by atoms with van der Waals surface area (Å²) in [5.74, 6) is -1.04. The molecule has 0 bridgehead atoms. The van der Waals surface area contributed by atoms with E-state index in [-0.39, 0.29) is 5.76 Å². The molecule has 0 saturated heterocycles. The van der Waals surface area contributed by atoms with Crippen molar-refractivity contribution >= 4 is 11.8 Å². The first-order chi connectivity index (χ1) is 8.66. The fraction of sp³-hybridized carbons (Fsp3) is 0.0909. The summed E-state index contributed by atoms with van der Waals surface area (Å²) >= 11 is 0. The van der Waals surface area contributed by atoms with Gasteiger partial charge < -0.3 is 9.73 Å². The van der Waals surface area contributed by atoms with E-state index < -0.39 is 16.7 Å². The third kappa shape index (κ3) is 2.70. The van der Waals surface area contributed by atoms with E-state index in [4.69, 9.17) is 4.42 Å². The summed E-state index contributed by atoms with van der Waals surface area (Å²) in [6.45, 7) is 0.301. The highest BCUT2D eigenvalue weighted by Gasteiger charge is 2.16. The number of hydrogen-bond donors (Lipinski definition) is 1. The predicted molar refractivity (Wildman–Crippen MR) is 60.8 cm³/mol. The molecule has 0 atom stereocenters. The van der Waals surface area contributed by atoms with Crippen LogP contribution in [-0.4, -0.2) is 15.8 Å². The Labute approximate surface area is 102 Å². The first-order valence-electron chi connectivity index (χ1n) is 5.08. The van der Waals surface area contributed by atoms with Gasteiger partial charge in [0.05, 0.1) is 6.07 Å². The molecule has 0 fully saturated rings. The van der Waals surface area contributed by atoms with Gasteiger partial charge in [-0.05, 0) is 23.8 Å². The molecule has 0 radical (unpaired) electrons. The highest BCUT2D eigenvalue weighted by Crippen LogP contribution is 2.15. The van der Waals surface area contributed by atoms with Crippen LogP contribution in [0.5, 0.6) is 0 Å². The zero-order valence-electron chi connectivity index (χ0n) is 9.20. The minimum atomic E-state index is -0.695. The van der Waals surface area contributed by atoms with E-state index in [1.54, 1.807) is 24.5 Å². The first-order valence-corrected chi connectivity index (χ1v) is 5.08. The Bertz CT molecular complexity index is 565. The van der Waals surface area contributed by atoms with Gasteiger partial charge in [-0.2, -0.15) is 0 Å². The Kier molecular flexibility index (Phi) is 3.33. The van der Waals surface area contributed by atoms with Gasteiger partial charge in [0.1, 0.15) is 4.92 Å². The van der Waals surface area contributed by atoms with Crippen LogP contribution in [0, 0.1) is 10.1 Å². The monoisotopic (exact) mass is 247 g/mol. The second-order valence-corrected chi connectivity index (χ2v) is 3.43. The molecule has 18 heavy (non-hydrogen) atoms. The van der Waals surface area contributed by atoms with Crippen molar-refractivity contribution in [2.45, 2.75) is 6.54 Å². The van der Waals surface area contributed by atoms with E-state index in [1.165, 1.54) is 6.07 Å². The molecule has 0 unspecified atom stereocenters. The van der Waals surface area contributed by atoms with Crippen molar-refractivity contribution in [2.24, 2.45) is 0 Å². The second-order valence-electron chi connectivity index (χ2n) is 3.43. The van der Waals surface area contributed by atoms with E-state index >= 15 is 0 Å². The average molecular weight is 247 g/mol. The lowest BCUT2D eigenvalue weighted by Gasteiger charge is -2.02. The van der Waals surface area contributed by atoms with Gasteiger partial charge in [0.2, 0.25) is 0 Å². The van der Waals surface area contributed by atoms with Crippen LogP contribution in [0.25, 0.3) is 0 Å². The molecule has 1 amide bonds. The summed E-state index contributed by atoms with van der Waals surface area (Å²) in [4.78, 5) is 25.2. The number of hydrogen-bond acceptors (Lipinski definition) is 5. The zero-order chi connectivity index (χ0) is 13.0. The SMILES string of the molecule is O=C(NCc1ccncc1)c1ccc([N+](=O)[O-])o1. The maximum atomic E-state index is 11.6. The molecule has 2 aromatic heterocycles. The van der Waals surface area contributed by atoms with Crippen molar-refractivity contribution in [3.05, 3.63) is 58.1 Å². The highest BCUT2D eigenvalue weighted by molar-refractivity contribution is 5.91. The zero-order valence-corrected chi connectivity index (χ0v) is 9.20. The predicted octanol–water partition coefficient (Wildman–Crippen LogP) is 1.51. The second kappa shape index (κ2) is 5.09. The molecular weight excluding hydrogens is 238 g/mol. The first kappa shape index (κ1) is 11.8. The van der Waals surface area contributed by atoms with Gasteiger partial charge in [-0.15, -0.1) is 0 Å². The molecule has 0 saturated carbocycles. The van der Waals surface area contributed by atoms with E-state index in [0.29, 0.717) is 6.54 Å². The lowest BCUT2D eigenvalue weighted by atomic mass is 10.2. The van der Waals surface area contributed by atoms with Gasteiger partial charge in [-0.25, -0.2) is 0 Å². The van der Waals surface area contributed by atoms with Gasteiger partial charge >= 0.3 is 5.88 Å². The van der Waals surface area contributed by atoms with Gasteiger partial charge in [-0.1, -0.05) is 0 Å². The molecular formula is C11H9N3O4. The molecule has 0 aromatic carbocycles. The number of pyridine rings is 1. The van der Waals surface area contributed by atoms with Crippen molar-refractivity contribution in [3.63, 3.8) is 0 Å². The van der Waals surface area contributed by atoms with Crippen molar-refractivity contribution in [1.82, 2.24) is 10.3 Å². The molecule has 0 aliphatic heterocycles. The van der Waals surface area contributed by atoms with Crippen LogP contribution in [-0.2, 0) is 6.54 Å². The molecule has 92 valence electrons. The number of carbonyl (C=O) groups is 1. The lowest BCUT2D eigenvalue weighted by molar-refractivity contribution is -0.402. The van der Waals surface area contributed by atoms with Gasteiger partial charge in [0, 0.05) is 18.9 Å². The summed E-state index contributed by atoms with van der Waals surface area (Å²) in [5, 5.41) is 13.0. The average Bonchev–Trinajstić information content (AvgIpc) is 2.87. The molecule has 0 aliphatic carbocycles. The number of rotatable bonds is 4. The number of nitro groups is 1.